The van der Waals surface area contributed by atoms with Crippen molar-refractivity contribution in [3.8, 4) is 5.69 Å². The van der Waals surface area contributed by atoms with Crippen molar-refractivity contribution in [2.24, 2.45) is 11.8 Å². The fourth-order valence-electron chi connectivity index (χ4n) is 3.26. The number of aromatic nitrogens is 2. The van der Waals surface area contributed by atoms with Gasteiger partial charge in [-0.25, -0.2) is 4.79 Å². The first kappa shape index (κ1) is 16.6. The van der Waals surface area contributed by atoms with Gasteiger partial charge in [-0.05, 0) is 60.1 Å². The van der Waals surface area contributed by atoms with E-state index in [0.29, 0.717) is 11.8 Å². The van der Waals surface area contributed by atoms with E-state index in [9.17, 15) is 4.79 Å². The summed E-state index contributed by atoms with van der Waals surface area (Å²) < 4.78 is 1.78. The van der Waals surface area contributed by atoms with Crippen LogP contribution in [-0.4, -0.2) is 9.55 Å². The highest BCUT2D eigenvalue weighted by Crippen LogP contribution is 2.20. The highest BCUT2D eigenvalue weighted by molar-refractivity contribution is 5.78. The zero-order valence-corrected chi connectivity index (χ0v) is 15.0. The first-order valence-electron chi connectivity index (χ1n) is 8.77. The van der Waals surface area contributed by atoms with E-state index in [0.717, 1.165) is 29.6 Å². The molecule has 1 N–H and O–H groups in total. The normalized spacial score (nSPS) is 11.8. The fourth-order valence-corrected chi connectivity index (χ4v) is 3.26. The quantitative estimate of drug-likeness (QED) is 0.725. The topological polar surface area (TPSA) is 37.8 Å². The number of benzene rings is 2. The molecule has 0 aliphatic heterocycles. The zero-order chi connectivity index (χ0) is 17.3. The summed E-state index contributed by atoms with van der Waals surface area (Å²) >= 11 is 0. The van der Waals surface area contributed by atoms with E-state index in [2.05, 4.69) is 56.9 Å². The number of fused-ring (bicyclic) bond motifs is 1. The standard InChI is InChI=1S/C21H26N2O/c1-14(2)11-16-5-8-18(9-6-16)23-20-13-17(12-15(3)4)7-10-19(20)22-21(23)24/h5-10,13-15H,11-12H2,1-4H3,(H,22,24). The van der Waals surface area contributed by atoms with Crippen LogP contribution in [0.3, 0.4) is 0 Å². The molecule has 2 aromatic carbocycles. The van der Waals surface area contributed by atoms with Crippen LogP contribution in [-0.2, 0) is 12.8 Å². The number of hydrogen-bond donors (Lipinski definition) is 1. The minimum absolute atomic E-state index is 0.0803. The average molecular weight is 322 g/mol. The second-order valence-corrected chi connectivity index (χ2v) is 7.48. The lowest BCUT2D eigenvalue weighted by atomic mass is 10.0. The third kappa shape index (κ3) is 3.45. The second-order valence-electron chi connectivity index (χ2n) is 7.48. The Morgan fingerprint density at radius 2 is 1.46 bits per heavy atom. The summed E-state index contributed by atoms with van der Waals surface area (Å²) in [6.07, 6.45) is 2.07. The van der Waals surface area contributed by atoms with E-state index in [-0.39, 0.29) is 5.69 Å². The molecule has 0 fully saturated rings. The molecule has 0 atom stereocenters. The maximum absolute atomic E-state index is 12.4. The summed E-state index contributed by atoms with van der Waals surface area (Å²) in [5.74, 6) is 1.22. The Morgan fingerprint density at radius 3 is 2.08 bits per heavy atom. The Kier molecular flexibility index (Phi) is 4.61. The van der Waals surface area contributed by atoms with Gasteiger partial charge < -0.3 is 4.98 Å². The predicted octanol–water partition coefficient (Wildman–Crippen LogP) is 4.72. The summed E-state index contributed by atoms with van der Waals surface area (Å²) in [6, 6.07) is 14.6. The maximum atomic E-state index is 12.4. The molecule has 0 radical (unpaired) electrons. The number of imidazole rings is 1. The van der Waals surface area contributed by atoms with E-state index in [1.54, 1.807) is 4.57 Å². The minimum Gasteiger partial charge on any atom is -0.305 e. The molecule has 0 aliphatic rings. The minimum atomic E-state index is -0.0803. The lowest BCUT2D eigenvalue weighted by molar-refractivity contribution is 0.647. The van der Waals surface area contributed by atoms with Gasteiger partial charge >= 0.3 is 5.69 Å². The van der Waals surface area contributed by atoms with Crippen LogP contribution in [0.1, 0.15) is 38.8 Å². The molecule has 1 aromatic heterocycles. The summed E-state index contributed by atoms with van der Waals surface area (Å²) in [5.41, 5.74) is 5.25. The van der Waals surface area contributed by atoms with Crippen LogP contribution in [0, 0.1) is 11.8 Å². The molecule has 24 heavy (non-hydrogen) atoms. The Balaban J connectivity index is 2.04. The van der Waals surface area contributed by atoms with Crippen molar-refractivity contribution in [1.82, 2.24) is 9.55 Å². The number of H-pyrrole nitrogens is 1. The van der Waals surface area contributed by atoms with Crippen molar-refractivity contribution < 1.29 is 0 Å². The van der Waals surface area contributed by atoms with E-state index in [1.807, 2.05) is 18.2 Å². The lowest BCUT2D eigenvalue weighted by Gasteiger charge is -2.09. The molecule has 3 rings (SSSR count). The van der Waals surface area contributed by atoms with E-state index >= 15 is 0 Å². The van der Waals surface area contributed by atoms with Gasteiger partial charge in [0.2, 0.25) is 0 Å². The van der Waals surface area contributed by atoms with Crippen molar-refractivity contribution >= 4 is 11.0 Å². The maximum Gasteiger partial charge on any atom is 0.331 e. The summed E-state index contributed by atoms with van der Waals surface area (Å²) in [5, 5.41) is 0. The fraction of sp³-hybridized carbons (Fsp3) is 0.381. The summed E-state index contributed by atoms with van der Waals surface area (Å²) in [6.45, 7) is 8.85. The largest absolute Gasteiger partial charge is 0.331 e. The van der Waals surface area contributed by atoms with Crippen LogP contribution in [0.4, 0.5) is 0 Å². The molecule has 0 unspecified atom stereocenters. The van der Waals surface area contributed by atoms with Crippen molar-refractivity contribution in [1.29, 1.82) is 0 Å². The molecular formula is C21H26N2O. The molecule has 126 valence electrons. The van der Waals surface area contributed by atoms with Gasteiger partial charge in [0, 0.05) is 0 Å². The lowest BCUT2D eigenvalue weighted by Crippen LogP contribution is -2.14. The molecule has 3 nitrogen and oxygen atoms in total. The molecule has 0 bridgehead atoms. The Labute approximate surface area is 143 Å². The molecule has 0 saturated heterocycles. The SMILES string of the molecule is CC(C)Cc1ccc(-n2c(=O)[nH]c3ccc(CC(C)C)cc32)cc1. The van der Waals surface area contributed by atoms with Crippen molar-refractivity contribution in [2.45, 2.75) is 40.5 Å². The molecule has 1 heterocycles. The van der Waals surface area contributed by atoms with Gasteiger partial charge in [0.25, 0.3) is 0 Å². The van der Waals surface area contributed by atoms with Gasteiger partial charge in [0.15, 0.2) is 0 Å². The van der Waals surface area contributed by atoms with Crippen LogP contribution in [0.2, 0.25) is 0 Å². The van der Waals surface area contributed by atoms with Gasteiger partial charge in [-0.15, -0.1) is 0 Å². The van der Waals surface area contributed by atoms with Crippen LogP contribution in [0.15, 0.2) is 47.3 Å². The Hall–Kier alpha value is -2.29. The summed E-state index contributed by atoms with van der Waals surface area (Å²) in [4.78, 5) is 15.4. The number of hydrogen-bond acceptors (Lipinski definition) is 1. The highest BCUT2D eigenvalue weighted by Gasteiger charge is 2.10. The molecule has 0 spiro atoms. The molecule has 0 saturated carbocycles. The van der Waals surface area contributed by atoms with Gasteiger partial charge in [-0.2, -0.15) is 0 Å². The van der Waals surface area contributed by atoms with Crippen molar-refractivity contribution in [3.63, 3.8) is 0 Å². The highest BCUT2D eigenvalue weighted by atomic mass is 16.1. The van der Waals surface area contributed by atoms with E-state index in [4.69, 9.17) is 0 Å². The van der Waals surface area contributed by atoms with E-state index in [1.165, 1.54) is 11.1 Å². The molecule has 3 heteroatoms. The number of aromatic amines is 1. The van der Waals surface area contributed by atoms with Gasteiger partial charge in [0.05, 0.1) is 16.7 Å². The molecule has 3 aromatic rings. The zero-order valence-electron chi connectivity index (χ0n) is 15.0. The van der Waals surface area contributed by atoms with Crippen LogP contribution >= 0.6 is 0 Å². The number of rotatable bonds is 5. The van der Waals surface area contributed by atoms with Crippen LogP contribution in [0.5, 0.6) is 0 Å². The second kappa shape index (κ2) is 6.68. The van der Waals surface area contributed by atoms with Gasteiger partial charge in [-0.3, -0.25) is 4.57 Å². The number of nitrogens with zero attached hydrogens (tertiary/aromatic N) is 1. The van der Waals surface area contributed by atoms with Crippen molar-refractivity contribution in [2.75, 3.05) is 0 Å². The monoisotopic (exact) mass is 322 g/mol. The predicted molar refractivity (Wildman–Crippen MR) is 101 cm³/mol. The Bertz CT molecular complexity index is 882. The molecular weight excluding hydrogens is 296 g/mol. The third-order valence-corrected chi connectivity index (χ3v) is 4.23. The van der Waals surface area contributed by atoms with Gasteiger partial charge in [0.1, 0.15) is 0 Å². The average Bonchev–Trinajstić information content (AvgIpc) is 2.82. The molecule has 0 amide bonds. The van der Waals surface area contributed by atoms with Crippen LogP contribution in [0.25, 0.3) is 16.7 Å². The molecule has 0 aliphatic carbocycles. The first-order valence-corrected chi connectivity index (χ1v) is 8.77. The van der Waals surface area contributed by atoms with Crippen LogP contribution < -0.4 is 5.69 Å². The first-order chi connectivity index (χ1) is 11.4. The third-order valence-electron chi connectivity index (χ3n) is 4.23. The smallest absolute Gasteiger partial charge is 0.305 e. The number of nitrogens with one attached hydrogen (secondary N) is 1. The van der Waals surface area contributed by atoms with Crippen molar-refractivity contribution in [3.05, 3.63) is 64.1 Å². The van der Waals surface area contributed by atoms with E-state index < -0.39 is 0 Å². The Morgan fingerprint density at radius 1 is 0.875 bits per heavy atom. The van der Waals surface area contributed by atoms with Gasteiger partial charge in [-0.1, -0.05) is 45.9 Å². The summed E-state index contributed by atoms with van der Waals surface area (Å²) in [7, 11) is 0.